The standard InChI is InChI=1S/C23H20N4O5/c1-3-31-18-10-14(6-9-17(18)28)20-16(11-24)21(25)32-22-19(20)12(2)26-27(22)15-7-4-13(5-8-15)23(29)30/h4-10,21,28H,3,25H2,1-2H3,(H,29,30). The molecule has 0 aliphatic carbocycles. The molecule has 1 aliphatic rings. The third-order valence-corrected chi connectivity index (χ3v) is 5.09. The number of hydrogen-bond donors (Lipinski definition) is 3. The van der Waals surface area contributed by atoms with Crippen molar-refractivity contribution >= 4 is 11.5 Å². The summed E-state index contributed by atoms with van der Waals surface area (Å²) >= 11 is 0. The summed E-state index contributed by atoms with van der Waals surface area (Å²) in [4.78, 5) is 11.2. The van der Waals surface area contributed by atoms with Crippen LogP contribution < -0.4 is 15.2 Å². The van der Waals surface area contributed by atoms with Crippen LogP contribution in [0.3, 0.4) is 0 Å². The maximum Gasteiger partial charge on any atom is 0.335 e. The van der Waals surface area contributed by atoms with Gasteiger partial charge in [0.25, 0.3) is 0 Å². The summed E-state index contributed by atoms with van der Waals surface area (Å²) in [6.45, 7) is 3.94. The van der Waals surface area contributed by atoms with Gasteiger partial charge in [-0.3, -0.25) is 5.73 Å². The molecule has 1 unspecified atom stereocenters. The van der Waals surface area contributed by atoms with Crippen molar-refractivity contribution in [2.45, 2.75) is 20.1 Å². The van der Waals surface area contributed by atoms with Crippen LogP contribution in [0, 0.1) is 18.3 Å². The summed E-state index contributed by atoms with van der Waals surface area (Å²) in [5.74, 6) is -0.434. The van der Waals surface area contributed by atoms with Crippen LogP contribution in [0.5, 0.6) is 17.4 Å². The van der Waals surface area contributed by atoms with Gasteiger partial charge in [-0.25, -0.2) is 9.48 Å². The average molecular weight is 432 g/mol. The monoisotopic (exact) mass is 432 g/mol. The fourth-order valence-corrected chi connectivity index (χ4v) is 3.64. The Bertz CT molecular complexity index is 1280. The second-order valence-corrected chi connectivity index (χ2v) is 7.08. The highest BCUT2D eigenvalue weighted by molar-refractivity contribution is 5.90. The molecule has 0 saturated heterocycles. The molecule has 0 amide bonds. The van der Waals surface area contributed by atoms with Crippen LogP contribution in [0.4, 0.5) is 0 Å². The Kier molecular flexibility index (Phi) is 5.30. The maximum absolute atomic E-state index is 11.2. The van der Waals surface area contributed by atoms with E-state index in [9.17, 15) is 15.2 Å². The topological polar surface area (TPSA) is 144 Å². The number of rotatable bonds is 5. The van der Waals surface area contributed by atoms with Crippen LogP contribution in [0.25, 0.3) is 11.3 Å². The van der Waals surface area contributed by atoms with E-state index < -0.39 is 12.2 Å². The highest BCUT2D eigenvalue weighted by Crippen LogP contribution is 2.43. The molecule has 1 aromatic heterocycles. The van der Waals surface area contributed by atoms with Crippen LogP contribution >= 0.6 is 0 Å². The van der Waals surface area contributed by atoms with Gasteiger partial charge in [0, 0.05) is 5.57 Å². The lowest BCUT2D eigenvalue weighted by Crippen LogP contribution is -2.33. The quantitative estimate of drug-likeness (QED) is 0.558. The molecule has 0 spiro atoms. The lowest BCUT2D eigenvalue weighted by molar-refractivity contribution is 0.0697. The van der Waals surface area contributed by atoms with Gasteiger partial charge in [-0.05, 0) is 55.8 Å². The minimum atomic E-state index is -1.04. The molecule has 9 nitrogen and oxygen atoms in total. The number of aryl methyl sites for hydroxylation is 1. The van der Waals surface area contributed by atoms with Crippen molar-refractivity contribution < 1.29 is 24.5 Å². The Morgan fingerprint density at radius 1 is 1.31 bits per heavy atom. The summed E-state index contributed by atoms with van der Waals surface area (Å²) < 4.78 is 12.9. The molecule has 0 saturated carbocycles. The number of carbonyl (C=O) groups is 1. The Labute approximate surface area is 183 Å². The zero-order valence-electron chi connectivity index (χ0n) is 17.4. The molecule has 0 fully saturated rings. The van der Waals surface area contributed by atoms with E-state index in [4.69, 9.17) is 20.3 Å². The summed E-state index contributed by atoms with van der Waals surface area (Å²) in [6.07, 6.45) is -1.04. The van der Waals surface area contributed by atoms with Gasteiger partial charge in [-0.15, -0.1) is 0 Å². The van der Waals surface area contributed by atoms with Gasteiger partial charge in [0.15, 0.2) is 17.7 Å². The molecular formula is C23H20N4O5. The van der Waals surface area contributed by atoms with Gasteiger partial charge in [-0.1, -0.05) is 6.07 Å². The SMILES string of the molecule is CCOc1cc(C2=C(C#N)C(N)Oc3c2c(C)nn3-c2ccc(C(=O)O)cc2)ccc1O. The van der Waals surface area contributed by atoms with Gasteiger partial charge >= 0.3 is 5.97 Å². The van der Waals surface area contributed by atoms with Gasteiger partial charge in [-0.2, -0.15) is 10.4 Å². The number of fused-ring (bicyclic) bond motifs is 1. The normalized spacial score (nSPS) is 15.0. The Hall–Kier alpha value is -4.29. The summed E-state index contributed by atoms with van der Waals surface area (Å²) in [5.41, 5.74) is 9.43. The number of ether oxygens (including phenoxy) is 2. The fourth-order valence-electron chi connectivity index (χ4n) is 3.64. The summed E-state index contributed by atoms with van der Waals surface area (Å²) in [7, 11) is 0. The van der Waals surface area contributed by atoms with Crippen molar-refractivity contribution in [1.29, 1.82) is 5.26 Å². The molecule has 0 bridgehead atoms. The Morgan fingerprint density at radius 3 is 2.66 bits per heavy atom. The maximum atomic E-state index is 11.2. The number of phenolic OH excluding ortho intramolecular Hbond substituents is 1. The van der Waals surface area contributed by atoms with E-state index in [2.05, 4.69) is 11.2 Å². The second kappa shape index (κ2) is 8.09. The number of nitrogens with zero attached hydrogens (tertiary/aromatic N) is 3. The Morgan fingerprint density at radius 2 is 2.03 bits per heavy atom. The van der Waals surface area contributed by atoms with Crippen molar-refractivity contribution in [3.8, 4) is 29.1 Å². The first-order valence-corrected chi connectivity index (χ1v) is 9.82. The van der Waals surface area contributed by atoms with Crippen LogP contribution in [0.15, 0.2) is 48.0 Å². The van der Waals surface area contributed by atoms with E-state index in [-0.39, 0.29) is 22.6 Å². The molecule has 2 aromatic carbocycles. The molecular weight excluding hydrogens is 412 g/mol. The number of phenols is 1. The lowest BCUT2D eigenvalue weighted by Gasteiger charge is -2.25. The first-order valence-electron chi connectivity index (χ1n) is 9.82. The predicted octanol–water partition coefficient (Wildman–Crippen LogP) is 2.99. The van der Waals surface area contributed by atoms with E-state index in [1.165, 1.54) is 22.9 Å². The van der Waals surface area contributed by atoms with Gasteiger partial charge < -0.3 is 19.7 Å². The molecule has 32 heavy (non-hydrogen) atoms. The molecule has 0 radical (unpaired) electrons. The molecule has 4 rings (SSSR count). The number of aromatic hydroxyl groups is 1. The molecule has 3 aromatic rings. The number of nitrogens with two attached hydrogens (primary N) is 1. The molecule has 4 N–H and O–H groups in total. The third-order valence-electron chi connectivity index (χ3n) is 5.09. The predicted molar refractivity (Wildman–Crippen MR) is 115 cm³/mol. The lowest BCUT2D eigenvalue weighted by atomic mass is 9.91. The highest BCUT2D eigenvalue weighted by Gasteiger charge is 2.33. The third kappa shape index (κ3) is 3.42. The number of benzene rings is 2. The van der Waals surface area contributed by atoms with E-state index >= 15 is 0 Å². The largest absolute Gasteiger partial charge is 0.504 e. The summed E-state index contributed by atoms with van der Waals surface area (Å²) in [6, 6.07) is 13.1. The van der Waals surface area contributed by atoms with E-state index in [0.29, 0.717) is 40.6 Å². The van der Waals surface area contributed by atoms with Crippen molar-refractivity contribution in [2.75, 3.05) is 6.61 Å². The fraction of sp³-hybridized carbons (Fsp3) is 0.174. The molecule has 9 heteroatoms. The zero-order chi connectivity index (χ0) is 23.0. The number of hydrogen-bond acceptors (Lipinski definition) is 7. The molecule has 162 valence electrons. The first-order chi connectivity index (χ1) is 15.3. The number of aromatic carboxylic acids is 1. The molecule has 2 heterocycles. The number of carboxylic acids is 1. The number of carboxylic acid groups (broad SMARTS) is 1. The van der Waals surface area contributed by atoms with Crippen molar-refractivity contribution in [3.05, 3.63) is 70.4 Å². The Balaban J connectivity index is 1.91. The van der Waals surface area contributed by atoms with Gasteiger partial charge in [0.2, 0.25) is 5.88 Å². The number of nitriles is 1. The van der Waals surface area contributed by atoms with Gasteiger partial charge in [0.05, 0.1) is 34.7 Å². The second-order valence-electron chi connectivity index (χ2n) is 7.08. The minimum Gasteiger partial charge on any atom is -0.504 e. The van der Waals surface area contributed by atoms with E-state index in [0.717, 1.165) is 0 Å². The highest BCUT2D eigenvalue weighted by atomic mass is 16.5. The minimum absolute atomic E-state index is 0.0165. The van der Waals surface area contributed by atoms with Crippen molar-refractivity contribution in [2.24, 2.45) is 5.73 Å². The van der Waals surface area contributed by atoms with Crippen molar-refractivity contribution in [3.63, 3.8) is 0 Å². The van der Waals surface area contributed by atoms with Crippen LogP contribution in [0.2, 0.25) is 0 Å². The van der Waals surface area contributed by atoms with Crippen molar-refractivity contribution in [1.82, 2.24) is 9.78 Å². The molecule has 1 atom stereocenters. The average Bonchev–Trinajstić information content (AvgIpc) is 3.10. The number of aromatic nitrogens is 2. The van der Waals surface area contributed by atoms with E-state index in [1.54, 1.807) is 38.1 Å². The molecule has 1 aliphatic heterocycles. The van der Waals surface area contributed by atoms with Gasteiger partial charge in [0.1, 0.15) is 6.07 Å². The van der Waals surface area contributed by atoms with Crippen LogP contribution in [-0.2, 0) is 0 Å². The van der Waals surface area contributed by atoms with Crippen LogP contribution in [-0.4, -0.2) is 38.8 Å². The van der Waals surface area contributed by atoms with E-state index in [1.807, 2.05) is 0 Å². The summed E-state index contributed by atoms with van der Waals surface area (Å²) in [5, 5.41) is 33.6. The smallest absolute Gasteiger partial charge is 0.335 e. The van der Waals surface area contributed by atoms with Crippen LogP contribution in [0.1, 0.15) is 34.1 Å². The zero-order valence-corrected chi connectivity index (χ0v) is 17.4. The first kappa shape index (κ1) is 21.0.